The second-order valence-corrected chi connectivity index (χ2v) is 11.6. The molecule has 4 aromatic rings. The Hall–Kier alpha value is -3.87. The number of nitrogens with one attached hydrogen (secondary N) is 1. The fraction of sp³-hybridized carbons (Fsp3) is 0.265. The Morgan fingerprint density at radius 3 is 2.24 bits per heavy atom. The standard InChI is InChI=1S/C34H33Cl2N3O3/c1-22(2)37-33(41)30(20-23-10-4-3-5-11-23)39(21-26-27(35)15-8-16-28(26)36)31(40)18-9-19-38-29-17-7-13-24-12-6-14-25(32(24)29)34(38)42/h3-8,10-17,22,30H,9,18-21H2,1-2H3,(H,37,41)/t30-/m0/s1. The van der Waals surface area contributed by atoms with Crippen LogP contribution in [-0.2, 0) is 22.6 Å². The summed E-state index contributed by atoms with van der Waals surface area (Å²) < 4.78 is 0. The number of carbonyl (C=O) groups is 3. The molecule has 0 aromatic heterocycles. The second kappa shape index (κ2) is 13.0. The zero-order chi connectivity index (χ0) is 29.8. The van der Waals surface area contributed by atoms with Gasteiger partial charge in [0.15, 0.2) is 0 Å². The van der Waals surface area contributed by atoms with E-state index in [0.29, 0.717) is 40.6 Å². The molecule has 0 radical (unpaired) electrons. The summed E-state index contributed by atoms with van der Waals surface area (Å²) >= 11 is 13.1. The van der Waals surface area contributed by atoms with Crippen molar-refractivity contribution in [3.8, 4) is 0 Å². The molecular weight excluding hydrogens is 569 g/mol. The van der Waals surface area contributed by atoms with Crippen LogP contribution < -0.4 is 10.2 Å². The molecule has 1 aliphatic rings. The molecule has 0 spiro atoms. The molecule has 1 heterocycles. The van der Waals surface area contributed by atoms with Gasteiger partial charge in [-0.25, -0.2) is 0 Å². The maximum absolute atomic E-state index is 14.0. The molecule has 4 aromatic carbocycles. The topological polar surface area (TPSA) is 69.7 Å². The molecule has 0 saturated heterocycles. The molecule has 0 unspecified atom stereocenters. The molecule has 0 fully saturated rings. The third-order valence-electron chi connectivity index (χ3n) is 7.51. The zero-order valence-corrected chi connectivity index (χ0v) is 25.2. The highest BCUT2D eigenvalue weighted by molar-refractivity contribution is 6.36. The number of nitrogens with zero attached hydrogens (tertiary/aromatic N) is 2. The van der Waals surface area contributed by atoms with Crippen LogP contribution in [0.2, 0.25) is 10.0 Å². The van der Waals surface area contributed by atoms with E-state index in [1.807, 2.05) is 80.6 Å². The number of anilines is 1. The quantitative estimate of drug-likeness (QED) is 0.200. The maximum atomic E-state index is 14.0. The van der Waals surface area contributed by atoms with Crippen LogP contribution >= 0.6 is 23.2 Å². The average Bonchev–Trinajstić information content (AvgIpc) is 3.24. The Balaban J connectivity index is 1.40. The summed E-state index contributed by atoms with van der Waals surface area (Å²) in [6.07, 6.45) is 0.888. The molecule has 1 atom stereocenters. The average molecular weight is 603 g/mol. The lowest BCUT2D eigenvalue weighted by molar-refractivity contribution is -0.141. The van der Waals surface area contributed by atoms with Crippen LogP contribution in [0.5, 0.6) is 0 Å². The molecular formula is C34H33Cl2N3O3. The van der Waals surface area contributed by atoms with Crippen molar-refractivity contribution in [2.75, 3.05) is 11.4 Å². The predicted molar refractivity (Wildman–Crippen MR) is 169 cm³/mol. The molecule has 0 bridgehead atoms. The minimum absolute atomic E-state index is 0.0628. The minimum Gasteiger partial charge on any atom is -0.352 e. The van der Waals surface area contributed by atoms with Crippen LogP contribution in [-0.4, -0.2) is 41.2 Å². The van der Waals surface area contributed by atoms with E-state index in [1.54, 1.807) is 28.0 Å². The Labute approximate surface area is 256 Å². The monoisotopic (exact) mass is 601 g/mol. The SMILES string of the molecule is CC(C)NC(=O)[C@H](Cc1ccccc1)N(Cc1c(Cl)cccc1Cl)C(=O)CCCN1C(=O)c2cccc3cccc1c23. The number of benzene rings is 4. The van der Waals surface area contributed by atoms with Crippen molar-refractivity contribution in [2.45, 2.75) is 51.7 Å². The summed E-state index contributed by atoms with van der Waals surface area (Å²) in [6.45, 7) is 4.23. The van der Waals surface area contributed by atoms with E-state index in [-0.39, 0.29) is 36.7 Å². The molecule has 42 heavy (non-hydrogen) atoms. The van der Waals surface area contributed by atoms with Crippen molar-refractivity contribution in [1.82, 2.24) is 10.2 Å². The van der Waals surface area contributed by atoms with Crippen molar-refractivity contribution >= 4 is 57.4 Å². The van der Waals surface area contributed by atoms with Gasteiger partial charge in [-0.3, -0.25) is 14.4 Å². The van der Waals surface area contributed by atoms with Crippen LogP contribution in [0.25, 0.3) is 10.8 Å². The molecule has 5 rings (SSSR count). The summed E-state index contributed by atoms with van der Waals surface area (Å²) in [5, 5.41) is 5.80. The molecule has 1 N–H and O–H groups in total. The molecule has 3 amide bonds. The summed E-state index contributed by atoms with van der Waals surface area (Å²) in [4.78, 5) is 44.2. The normalized spacial score (nSPS) is 13.1. The van der Waals surface area contributed by atoms with E-state index in [1.165, 1.54) is 0 Å². The van der Waals surface area contributed by atoms with Crippen LogP contribution in [0.15, 0.2) is 84.9 Å². The van der Waals surface area contributed by atoms with Crippen molar-refractivity contribution < 1.29 is 14.4 Å². The van der Waals surface area contributed by atoms with Gasteiger partial charge in [-0.1, -0.05) is 83.9 Å². The van der Waals surface area contributed by atoms with Gasteiger partial charge in [-0.15, -0.1) is 0 Å². The lowest BCUT2D eigenvalue weighted by Crippen LogP contribution is -2.52. The number of hydrogen-bond donors (Lipinski definition) is 1. The van der Waals surface area contributed by atoms with Gasteiger partial charge in [0, 0.05) is 58.5 Å². The van der Waals surface area contributed by atoms with E-state index in [0.717, 1.165) is 22.0 Å². The van der Waals surface area contributed by atoms with Gasteiger partial charge in [0.05, 0.1) is 5.69 Å². The van der Waals surface area contributed by atoms with Gasteiger partial charge in [0.25, 0.3) is 5.91 Å². The zero-order valence-electron chi connectivity index (χ0n) is 23.6. The van der Waals surface area contributed by atoms with Gasteiger partial charge in [-0.05, 0) is 55.5 Å². The smallest absolute Gasteiger partial charge is 0.258 e. The van der Waals surface area contributed by atoms with E-state index >= 15 is 0 Å². The number of amides is 3. The lowest BCUT2D eigenvalue weighted by atomic mass is 10.0. The van der Waals surface area contributed by atoms with E-state index in [4.69, 9.17) is 23.2 Å². The molecule has 0 saturated carbocycles. The van der Waals surface area contributed by atoms with Crippen molar-refractivity contribution in [3.63, 3.8) is 0 Å². The molecule has 1 aliphatic heterocycles. The second-order valence-electron chi connectivity index (χ2n) is 10.8. The van der Waals surface area contributed by atoms with Gasteiger partial charge >= 0.3 is 0 Å². The third kappa shape index (κ3) is 6.30. The summed E-state index contributed by atoms with van der Waals surface area (Å²) in [7, 11) is 0. The number of carbonyl (C=O) groups excluding carboxylic acids is 3. The van der Waals surface area contributed by atoms with E-state index in [9.17, 15) is 14.4 Å². The molecule has 8 heteroatoms. The van der Waals surface area contributed by atoms with E-state index < -0.39 is 6.04 Å². The summed E-state index contributed by atoms with van der Waals surface area (Å²) in [6, 6.07) is 25.5. The van der Waals surface area contributed by atoms with Crippen molar-refractivity contribution in [1.29, 1.82) is 0 Å². The molecule has 6 nitrogen and oxygen atoms in total. The van der Waals surface area contributed by atoms with Crippen LogP contribution in [0, 0.1) is 0 Å². The molecule has 0 aliphatic carbocycles. The Bertz CT molecular complexity index is 1600. The Kier molecular flexibility index (Phi) is 9.15. The van der Waals surface area contributed by atoms with Crippen LogP contribution in [0.4, 0.5) is 5.69 Å². The summed E-state index contributed by atoms with van der Waals surface area (Å²) in [5.74, 6) is -0.525. The first-order valence-electron chi connectivity index (χ1n) is 14.1. The first-order chi connectivity index (χ1) is 20.2. The maximum Gasteiger partial charge on any atom is 0.258 e. The Morgan fingerprint density at radius 2 is 1.55 bits per heavy atom. The first kappa shape index (κ1) is 29.6. The van der Waals surface area contributed by atoms with E-state index in [2.05, 4.69) is 5.32 Å². The van der Waals surface area contributed by atoms with Crippen molar-refractivity contribution in [3.05, 3.63) is 112 Å². The van der Waals surface area contributed by atoms with Crippen LogP contribution in [0.1, 0.15) is 48.2 Å². The third-order valence-corrected chi connectivity index (χ3v) is 8.22. The fourth-order valence-corrected chi connectivity index (χ4v) is 6.04. The lowest BCUT2D eigenvalue weighted by Gasteiger charge is -2.33. The number of hydrogen-bond acceptors (Lipinski definition) is 3. The number of halogens is 2. The predicted octanol–water partition coefficient (Wildman–Crippen LogP) is 7.05. The highest BCUT2D eigenvalue weighted by atomic mass is 35.5. The van der Waals surface area contributed by atoms with Gasteiger partial charge in [0.2, 0.25) is 11.8 Å². The van der Waals surface area contributed by atoms with Gasteiger partial charge < -0.3 is 15.1 Å². The van der Waals surface area contributed by atoms with Crippen molar-refractivity contribution in [2.24, 2.45) is 0 Å². The summed E-state index contributed by atoms with van der Waals surface area (Å²) in [5.41, 5.74) is 3.05. The minimum atomic E-state index is -0.791. The largest absolute Gasteiger partial charge is 0.352 e. The Morgan fingerprint density at radius 1 is 0.881 bits per heavy atom. The van der Waals surface area contributed by atoms with Gasteiger partial charge in [-0.2, -0.15) is 0 Å². The van der Waals surface area contributed by atoms with Gasteiger partial charge in [0.1, 0.15) is 6.04 Å². The highest BCUT2D eigenvalue weighted by Gasteiger charge is 2.33. The number of rotatable bonds is 11. The fourth-order valence-electron chi connectivity index (χ4n) is 5.52. The first-order valence-corrected chi connectivity index (χ1v) is 14.9. The van der Waals surface area contributed by atoms with Crippen LogP contribution in [0.3, 0.4) is 0 Å². The molecule has 216 valence electrons. The highest BCUT2D eigenvalue weighted by Crippen LogP contribution is 2.37.